The van der Waals surface area contributed by atoms with Crippen LogP contribution < -0.4 is 14.8 Å². The summed E-state index contributed by atoms with van der Waals surface area (Å²) in [6, 6.07) is 7.63. The third-order valence-electron chi connectivity index (χ3n) is 5.16. The van der Waals surface area contributed by atoms with E-state index in [1.807, 2.05) is 45.9 Å². The summed E-state index contributed by atoms with van der Waals surface area (Å²) in [6.07, 6.45) is 2.61. The van der Waals surface area contributed by atoms with Gasteiger partial charge in [-0.1, -0.05) is 48.6 Å². The first-order valence-electron chi connectivity index (χ1n) is 10.8. The number of carbonyl (C=O) groups excluding carboxylic acids is 2. The van der Waals surface area contributed by atoms with Crippen LogP contribution >= 0.6 is 39.9 Å². The summed E-state index contributed by atoms with van der Waals surface area (Å²) in [5.74, 6) is 0.490. The van der Waals surface area contributed by atoms with Crippen molar-refractivity contribution in [2.24, 2.45) is 0 Å². The number of rotatable bonds is 8. The van der Waals surface area contributed by atoms with E-state index in [0.717, 1.165) is 34.4 Å². The van der Waals surface area contributed by atoms with E-state index >= 15 is 0 Å². The molecule has 2 amide bonds. The molecule has 1 aliphatic heterocycles. The van der Waals surface area contributed by atoms with Crippen LogP contribution in [-0.4, -0.2) is 41.3 Å². The minimum Gasteiger partial charge on any atom is -0.493 e. The van der Waals surface area contributed by atoms with Crippen LogP contribution in [0.4, 0.5) is 5.69 Å². The number of methoxy groups -OCH3 is 1. The Labute approximate surface area is 218 Å². The van der Waals surface area contributed by atoms with Gasteiger partial charge in [-0.25, -0.2) is 0 Å². The zero-order chi connectivity index (χ0) is 25.0. The SMILES string of the molecule is CCCN1C(=O)/C(=C/c2cc(Br)c(OCC(=O)Nc3c(C)cc(C)cc3C)c(OC)c2)SC1=S. The van der Waals surface area contributed by atoms with Crippen LogP contribution in [0.3, 0.4) is 0 Å². The Morgan fingerprint density at radius 2 is 1.88 bits per heavy atom. The molecule has 9 heteroatoms. The van der Waals surface area contributed by atoms with Gasteiger partial charge in [-0.2, -0.15) is 0 Å². The number of nitrogens with one attached hydrogen (secondary N) is 1. The lowest BCUT2D eigenvalue weighted by Crippen LogP contribution is -2.28. The second-order valence-electron chi connectivity index (χ2n) is 7.98. The summed E-state index contributed by atoms with van der Waals surface area (Å²) < 4.78 is 12.5. The van der Waals surface area contributed by atoms with Crippen molar-refractivity contribution in [2.45, 2.75) is 34.1 Å². The standard InChI is InChI=1S/C25H27BrN2O4S2/c1-6-7-28-24(30)20(34-25(28)33)12-17-10-18(26)23(19(11-17)31-5)32-13-21(29)27-22-15(3)8-14(2)9-16(22)4/h8-12H,6-7,13H2,1-5H3,(H,27,29)/b20-12-. The van der Waals surface area contributed by atoms with E-state index in [4.69, 9.17) is 21.7 Å². The van der Waals surface area contributed by atoms with Crippen molar-refractivity contribution in [3.05, 3.63) is 55.9 Å². The fourth-order valence-electron chi connectivity index (χ4n) is 3.72. The van der Waals surface area contributed by atoms with Crippen LogP contribution in [-0.2, 0) is 9.59 Å². The second-order valence-corrected chi connectivity index (χ2v) is 10.5. The van der Waals surface area contributed by atoms with Crippen molar-refractivity contribution < 1.29 is 19.1 Å². The van der Waals surface area contributed by atoms with Crippen molar-refractivity contribution >= 4 is 67.8 Å². The summed E-state index contributed by atoms with van der Waals surface area (Å²) in [5, 5.41) is 2.93. The Morgan fingerprint density at radius 1 is 1.21 bits per heavy atom. The molecule has 0 atom stereocenters. The number of halogens is 1. The fraction of sp³-hybridized carbons (Fsp3) is 0.320. The number of amides is 2. The number of hydrogen-bond donors (Lipinski definition) is 1. The summed E-state index contributed by atoms with van der Waals surface area (Å²) >= 11 is 10.1. The highest BCUT2D eigenvalue weighted by Crippen LogP contribution is 2.39. The van der Waals surface area contributed by atoms with Crippen molar-refractivity contribution in [3.8, 4) is 11.5 Å². The number of thiocarbonyl (C=S) groups is 1. The molecule has 0 saturated carbocycles. The average Bonchev–Trinajstić information content (AvgIpc) is 3.02. The Morgan fingerprint density at radius 3 is 2.50 bits per heavy atom. The molecule has 34 heavy (non-hydrogen) atoms. The number of anilines is 1. The lowest BCUT2D eigenvalue weighted by molar-refractivity contribution is -0.122. The van der Waals surface area contributed by atoms with Gasteiger partial charge in [0.15, 0.2) is 18.1 Å². The quantitative estimate of drug-likeness (QED) is 0.314. The molecule has 0 aliphatic carbocycles. The maximum Gasteiger partial charge on any atom is 0.266 e. The lowest BCUT2D eigenvalue weighted by Gasteiger charge is -2.15. The highest BCUT2D eigenvalue weighted by molar-refractivity contribution is 9.10. The molecule has 1 saturated heterocycles. The Kier molecular flexibility index (Phi) is 8.78. The summed E-state index contributed by atoms with van der Waals surface area (Å²) in [4.78, 5) is 27.4. The van der Waals surface area contributed by atoms with Gasteiger partial charge in [0.2, 0.25) is 0 Å². The number of thioether (sulfide) groups is 1. The topological polar surface area (TPSA) is 67.9 Å². The van der Waals surface area contributed by atoms with Gasteiger partial charge in [0.25, 0.3) is 11.8 Å². The van der Waals surface area contributed by atoms with Crippen LogP contribution in [0.2, 0.25) is 0 Å². The van der Waals surface area contributed by atoms with Gasteiger partial charge < -0.3 is 14.8 Å². The second kappa shape index (κ2) is 11.4. The lowest BCUT2D eigenvalue weighted by atomic mass is 10.1. The predicted octanol–water partition coefficient (Wildman–Crippen LogP) is 6.01. The number of benzene rings is 2. The van der Waals surface area contributed by atoms with Crippen molar-refractivity contribution in [1.82, 2.24) is 4.90 Å². The predicted molar refractivity (Wildman–Crippen MR) is 146 cm³/mol. The van der Waals surface area contributed by atoms with E-state index in [9.17, 15) is 9.59 Å². The summed E-state index contributed by atoms with van der Waals surface area (Å²) in [6.45, 7) is 8.37. The average molecular weight is 564 g/mol. The van der Waals surface area contributed by atoms with E-state index in [2.05, 4.69) is 21.2 Å². The van der Waals surface area contributed by atoms with E-state index in [0.29, 0.717) is 31.7 Å². The van der Waals surface area contributed by atoms with Gasteiger partial charge in [0.1, 0.15) is 4.32 Å². The molecule has 180 valence electrons. The number of carbonyl (C=O) groups is 2. The first-order chi connectivity index (χ1) is 16.1. The molecule has 2 aromatic rings. The van der Waals surface area contributed by atoms with Crippen LogP contribution in [0.15, 0.2) is 33.6 Å². The van der Waals surface area contributed by atoms with Gasteiger partial charge in [0, 0.05) is 12.2 Å². The number of aryl methyl sites for hydroxylation is 3. The van der Waals surface area contributed by atoms with Crippen LogP contribution in [0.5, 0.6) is 11.5 Å². The fourth-order valence-corrected chi connectivity index (χ4v) is 5.60. The van der Waals surface area contributed by atoms with Gasteiger partial charge in [-0.05, 0) is 78.0 Å². The monoisotopic (exact) mass is 562 g/mol. The molecule has 3 rings (SSSR count). The Balaban J connectivity index is 1.75. The van der Waals surface area contributed by atoms with Gasteiger partial charge >= 0.3 is 0 Å². The first-order valence-corrected chi connectivity index (χ1v) is 12.8. The third-order valence-corrected chi connectivity index (χ3v) is 7.13. The number of ether oxygens (including phenoxy) is 2. The molecule has 1 heterocycles. The van der Waals surface area contributed by atoms with Gasteiger partial charge in [0.05, 0.1) is 16.5 Å². The molecule has 0 unspecified atom stereocenters. The molecule has 1 N–H and O–H groups in total. The van der Waals surface area contributed by atoms with Crippen LogP contribution in [0, 0.1) is 20.8 Å². The first kappa shape index (κ1) is 26.2. The minimum atomic E-state index is -0.271. The normalized spacial score (nSPS) is 14.6. The van der Waals surface area contributed by atoms with E-state index in [1.165, 1.54) is 18.9 Å². The molecule has 2 aromatic carbocycles. The van der Waals surface area contributed by atoms with Crippen molar-refractivity contribution in [1.29, 1.82) is 0 Å². The van der Waals surface area contributed by atoms with E-state index in [1.54, 1.807) is 17.0 Å². The van der Waals surface area contributed by atoms with E-state index in [-0.39, 0.29) is 18.4 Å². The molecular weight excluding hydrogens is 536 g/mol. The molecule has 0 radical (unpaired) electrons. The van der Waals surface area contributed by atoms with Crippen molar-refractivity contribution in [3.63, 3.8) is 0 Å². The van der Waals surface area contributed by atoms with Crippen LogP contribution in [0.1, 0.15) is 35.6 Å². The highest BCUT2D eigenvalue weighted by atomic mass is 79.9. The molecule has 6 nitrogen and oxygen atoms in total. The molecule has 1 fully saturated rings. The molecule has 0 bridgehead atoms. The molecule has 0 spiro atoms. The zero-order valence-corrected chi connectivity index (χ0v) is 23.0. The number of nitrogens with zero attached hydrogens (tertiary/aromatic N) is 1. The van der Waals surface area contributed by atoms with Crippen molar-refractivity contribution in [2.75, 3.05) is 25.6 Å². The smallest absolute Gasteiger partial charge is 0.266 e. The molecule has 0 aromatic heterocycles. The summed E-state index contributed by atoms with van der Waals surface area (Å²) in [7, 11) is 1.53. The zero-order valence-electron chi connectivity index (χ0n) is 19.8. The Bertz CT molecular complexity index is 1160. The maximum absolute atomic E-state index is 12.6. The molecule has 1 aliphatic rings. The van der Waals surface area contributed by atoms with Gasteiger partial charge in [-0.3, -0.25) is 14.5 Å². The third kappa shape index (κ3) is 6.00. The largest absolute Gasteiger partial charge is 0.493 e. The van der Waals surface area contributed by atoms with E-state index < -0.39 is 0 Å². The Hall–Kier alpha value is -2.36. The highest BCUT2D eigenvalue weighted by Gasteiger charge is 2.31. The minimum absolute atomic E-state index is 0.0920. The maximum atomic E-state index is 12.6. The van der Waals surface area contributed by atoms with Gasteiger partial charge in [-0.15, -0.1) is 0 Å². The molecular formula is C25H27BrN2O4S2. The van der Waals surface area contributed by atoms with Crippen LogP contribution in [0.25, 0.3) is 6.08 Å². The summed E-state index contributed by atoms with van der Waals surface area (Å²) in [5.41, 5.74) is 4.69. The number of hydrogen-bond acceptors (Lipinski definition) is 6.